The van der Waals surface area contributed by atoms with Crippen molar-refractivity contribution >= 4 is 29.4 Å². The van der Waals surface area contributed by atoms with Crippen molar-refractivity contribution in [2.75, 3.05) is 4.90 Å². The number of phenols is 1. The number of anilines is 1. The SMILES string of the molecule is CC(=O)c1ccc(N2C(=O)C/C(=C\c3ccc(O)cc3)C2=O)cc1. The summed E-state index contributed by atoms with van der Waals surface area (Å²) in [6.07, 6.45) is 1.66. The Morgan fingerprint density at radius 3 is 2.25 bits per heavy atom. The molecule has 0 aliphatic carbocycles. The normalized spacial score (nSPS) is 16.0. The van der Waals surface area contributed by atoms with Crippen LogP contribution in [0.4, 0.5) is 5.69 Å². The van der Waals surface area contributed by atoms with Crippen molar-refractivity contribution in [2.45, 2.75) is 13.3 Å². The molecule has 1 aliphatic heterocycles. The van der Waals surface area contributed by atoms with Crippen LogP contribution in [0.2, 0.25) is 0 Å². The van der Waals surface area contributed by atoms with Crippen molar-refractivity contribution in [3.63, 3.8) is 0 Å². The monoisotopic (exact) mass is 321 g/mol. The Kier molecular flexibility index (Phi) is 4.00. The van der Waals surface area contributed by atoms with Crippen molar-refractivity contribution in [1.82, 2.24) is 0 Å². The molecule has 1 fully saturated rings. The zero-order valence-electron chi connectivity index (χ0n) is 13.0. The highest BCUT2D eigenvalue weighted by molar-refractivity contribution is 6.29. The molecule has 24 heavy (non-hydrogen) atoms. The molecule has 0 atom stereocenters. The number of hydrogen-bond donors (Lipinski definition) is 1. The highest BCUT2D eigenvalue weighted by atomic mass is 16.3. The van der Waals surface area contributed by atoms with Crippen molar-refractivity contribution in [2.24, 2.45) is 0 Å². The Labute approximate surface area is 138 Å². The molecule has 0 unspecified atom stereocenters. The average molecular weight is 321 g/mol. The lowest BCUT2D eigenvalue weighted by Gasteiger charge is -2.13. The van der Waals surface area contributed by atoms with Gasteiger partial charge in [0.25, 0.3) is 5.91 Å². The molecular formula is C19H15NO4. The number of nitrogens with zero attached hydrogens (tertiary/aromatic N) is 1. The van der Waals surface area contributed by atoms with Gasteiger partial charge in [-0.15, -0.1) is 0 Å². The molecule has 0 radical (unpaired) electrons. The average Bonchev–Trinajstić information content (AvgIpc) is 2.83. The molecule has 120 valence electrons. The van der Waals surface area contributed by atoms with E-state index in [4.69, 9.17) is 0 Å². The predicted molar refractivity (Wildman–Crippen MR) is 89.6 cm³/mol. The largest absolute Gasteiger partial charge is 0.508 e. The summed E-state index contributed by atoms with van der Waals surface area (Å²) in [5.74, 6) is -0.615. The van der Waals surface area contributed by atoms with Gasteiger partial charge < -0.3 is 5.11 Å². The summed E-state index contributed by atoms with van der Waals surface area (Å²) < 4.78 is 0. The number of phenolic OH excluding ortho intramolecular Hbond substituents is 1. The summed E-state index contributed by atoms with van der Waals surface area (Å²) in [5.41, 5.74) is 2.10. The van der Waals surface area contributed by atoms with Crippen LogP contribution in [0.25, 0.3) is 6.08 Å². The van der Waals surface area contributed by atoms with Crippen molar-refractivity contribution in [1.29, 1.82) is 0 Å². The molecule has 2 amide bonds. The summed E-state index contributed by atoms with van der Waals surface area (Å²) in [4.78, 5) is 37.2. The number of carbonyl (C=O) groups is 3. The van der Waals surface area contributed by atoms with Gasteiger partial charge in [0.15, 0.2) is 5.78 Å². The van der Waals surface area contributed by atoms with Gasteiger partial charge in [0.1, 0.15) is 5.75 Å². The van der Waals surface area contributed by atoms with Crippen LogP contribution in [-0.4, -0.2) is 22.7 Å². The fourth-order valence-corrected chi connectivity index (χ4v) is 2.57. The fraction of sp³-hybridized carbons (Fsp3) is 0.105. The van der Waals surface area contributed by atoms with Crippen LogP contribution < -0.4 is 4.90 Å². The summed E-state index contributed by atoms with van der Waals surface area (Å²) in [6, 6.07) is 12.8. The highest BCUT2D eigenvalue weighted by Gasteiger charge is 2.34. The quantitative estimate of drug-likeness (QED) is 0.536. The summed E-state index contributed by atoms with van der Waals surface area (Å²) in [5, 5.41) is 9.29. The van der Waals surface area contributed by atoms with E-state index in [0.717, 1.165) is 10.5 Å². The Balaban J connectivity index is 1.88. The second-order valence-electron chi connectivity index (χ2n) is 5.58. The second kappa shape index (κ2) is 6.12. The lowest BCUT2D eigenvalue weighted by Crippen LogP contribution is -2.28. The van der Waals surface area contributed by atoms with Crippen LogP contribution in [-0.2, 0) is 9.59 Å². The Hall–Kier alpha value is -3.21. The number of carbonyl (C=O) groups excluding carboxylic acids is 3. The third kappa shape index (κ3) is 2.96. The van der Waals surface area contributed by atoms with Gasteiger partial charge in [-0.1, -0.05) is 12.1 Å². The number of aromatic hydroxyl groups is 1. The van der Waals surface area contributed by atoms with Gasteiger partial charge in [-0.2, -0.15) is 0 Å². The molecular weight excluding hydrogens is 306 g/mol. The number of ketones is 1. The van der Waals surface area contributed by atoms with E-state index in [2.05, 4.69) is 0 Å². The standard InChI is InChI=1S/C19H15NO4/c1-12(21)14-4-6-16(7-5-14)20-18(23)11-15(19(20)24)10-13-2-8-17(22)9-3-13/h2-10,22H,11H2,1H3/b15-10+. The maximum atomic E-state index is 12.5. The van der Waals surface area contributed by atoms with Gasteiger partial charge in [0, 0.05) is 11.1 Å². The van der Waals surface area contributed by atoms with Gasteiger partial charge in [0.2, 0.25) is 5.91 Å². The Morgan fingerprint density at radius 2 is 1.67 bits per heavy atom. The number of hydrogen-bond acceptors (Lipinski definition) is 4. The van der Waals surface area contributed by atoms with E-state index < -0.39 is 0 Å². The van der Waals surface area contributed by atoms with Crippen LogP contribution in [0.3, 0.4) is 0 Å². The van der Waals surface area contributed by atoms with Crippen molar-refractivity contribution in [3.8, 4) is 5.75 Å². The van der Waals surface area contributed by atoms with Gasteiger partial charge in [-0.3, -0.25) is 14.4 Å². The first-order valence-electron chi connectivity index (χ1n) is 7.43. The molecule has 3 rings (SSSR count). The van der Waals surface area contributed by atoms with Crippen molar-refractivity contribution in [3.05, 3.63) is 65.2 Å². The molecule has 0 aromatic heterocycles. The summed E-state index contributed by atoms with van der Waals surface area (Å²) in [7, 11) is 0. The molecule has 1 aliphatic rings. The van der Waals surface area contributed by atoms with Gasteiger partial charge >= 0.3 is 0 Å². The van der Waals surface area contributed by atoms with E-state index >= 15 is 0 Å². The van der Waals surface area contributed by atoms with Crippen molar-refractivity contribution < 1.29 is 19.5 Å². The molecule has 0 saturated carbocycles. The Bertz CT molecular complexity index is 848. The number of imide groups is 1. The summed E-state index contributed by atoms with van der Waals surface area (Å²) in [6.45, 7) is 1.46. The third-order valence-corrected chi connectivity index (χ3v) is 3.83. The zero-order valence-corrected chi connectivity index (χ0v) is 13.0. The number of rotatable bonds is 3. The lowest BCUT2D eigenvalue weighted by atomic mass is 10.1. The molecule has 1 N–H and O–H groups in total. The van der Waals surface area contributed by atoms with E-state index in [0.29, 0.717) is 16.8 Å². The fourth-order valence-electron chi connectivity index (χ4n) is 2.57. The summed E-state index contributed by atoms with van der Waals surface area (Å²) >= 11 is 0. The first kappa shape index (κ1) is 15.7. The minimum Gasteiger partial charge on any atom is -0.508 e. The van der Waals surface area contributed by atoms with E-state index in [1.54, 1.807) is 42.5 Å². The molecule has 5 heteroatoms. The maximum Gasteiger partial charge on any atom is 0.261 e. The Morgan fingerprint density at radius 1 is 1.04 bits per heavy atom. The van der Waals surface area contributed by atoms with Crippen LogP contribution in [0.15, 0.2) is 54.1 Å². The molecule has 0 spiro atoms. The molecule has 1 saturated heterocycles. The van der Waals surface area contributed by atoms with Crippen LogP contribution in [0.1, 0.15) is 29.3 Å². The molecule has 2 aromatic carbocycles. The molecule has 5 nitrogen and oxygen atoms in total. The topological polar surface area (TPSA) is 74.7 Å². The molecule has 1 heterocycles. The number of Topliss-reactive ketones (excluding diaryl/α,β-unsaturated/α-hetero) is 1. The predicted octanol–water partition coefficient (Wildman–Crippen LogP) is 2.94. The molecule has 2 aromatic rings. The van der Waals surface area contributed by atoms with Gasteiger partial charge in [0.05, 0.1) is 12.1 Å². The first-order chi connectivity index (χ1) is 11.5. The van der Waals surface area contributed by atoms with E-state index in [1.807, 2.05) is 0 Å². The van der Waals surface area contributed by atoms with E-state index in [1.165, 1.54) is 19.1 Å². The number of amides is 2. The van der Waals surface area contributed by atoms with Crippen LogP contribution in [0, 0.1) is 0 Å². The lowest BCUT2D eigenvalue weighted by molar-refractivity contribution is -0.120. The number of benzene rings is 2. The van der Waals surface area contributed by atoms with E-state index in [-0.39, 0.29) is 29.8 Å². The smallest absolute Gasteiger partial charge is 0.261 e. The van der Waals surface area contributed by atoms with Crippen LogP contribution >= 0.6 is 0 Å². The second-order valence-corrected chi connectivity index (χ2v) is 5.58. The van der Waals surface area contributed by atoms with Crippen LogP contribution in [0.5, 0.6) is 5.75 Å². The minimum atomic E-state index is -0.372. The third-order valence-electron chi connectivity index (χ3n) is 3.83. The minimum absolute atomic E-state index is 0.0220. The van der Waals surface area contributed by atoms with E-state index in [9.17, 15) is 19.5 Å². The maximum absolute atomic E-state index is 12.5. The van der Waals surface area contributed by atoms with Gasteiger partial charge in [-0.05, 0) is 55.0 Å². The zero-order chi connectivity index (χ0) is 17.3. The highest BCUT2D eigenvalue weighted by Crippen LogP contribution is 2.28. The van der Waals surface area contributed by atoms with Gasteiger partial charge in [-0.25, -0.2) is 4.90 Å². The molecule has 0 bridgehead atoms. The first-order valence-corrected chi connectivity index (χ1v) is 7.43.